The normalized spacial score (nSPS) is 15.5. The number of hydrogen-bond acceptors (Lipinski definition) is 5. The fourth-order valence-corrected chi connectivity index (χ4v) is 4.12. The topological polar surface area (TPSA) is 73.4 Å². The molecular formula is C21H21ClN4O2S. The minimum atomic E-state index is -0.0740. The van der Waals surface area contributed by atoms with Crippen molar-refractivity contribution in [3.05, 3.63) is 52.6 Å². The second-order valence-electron chi connectivity index (χ2n) is 6.66. The lowest BCUT2D eigenvalue weighted by Crippen LogP contribution is -2.26. The van der Waals surface area contributed by atoms with E-state index in [0.717, 1.165) is 11.1 Å². The van der Waals surface area contributed by atoms with Gasteiger partial charge in [0, 0.05) is 31.3 Å². The maximum absolute atomic E-state index is 12.5. The van der Waals surface area contributed by atoms with E-state index in [1.165, 1.54) is 11.8 Å². The molecular weight excluding hydrogens is 408 g/mol. The molecule has 0 fully saturated rings. The molecule has 1 amide bonds. The van der Waals surface area contributed by atoms with Crippen LogP contribution in [-0.4, -0.2) is 52.0 Å². The highest BCUT2D eigenvalue weighted by Crippen LogP contribution is 2.35. The molecule has 0 bridgehead atoms. The van der Waals surface area contributed by atoms with Crippen LogP contribution in [0.1, 0.15) is 17.7 Å². The molecule has 6 nitrogen and oxygen atoms in total. The third-order valence-corrected chi connectivity index (χ3v) is 5.91. The van der Waals surface area contributed by atoms with Crippen molar-refractivity contribution < 1.29 is 9.32 Å². The molecule has 1 aromatic heterocycles. The zero-order chi connectivity index (χ0) is 21.0. The van der Waals surface area contributed by atoms with Gasteiger partial charge in [-0.25, -0.2) is 0 Å². The molecule has 3 rings (SSSR count). The number of benzene rings is 1. The average Bonchev–Trinajstić information content (AvgIpc) is 3.36. The first-order valence-electron chi connectivity index (χ1n) is 8.95. The van der Waals surface area contributed by atoms with Crippen molar-refractivity contribution in [3.63, 3.8) is 0 Å². The molecule has 8 heteroatoms. The second-order valence-corrected chi connectivity index (χ2v) is 8.69. The van der Waals surface area contributed by atoms with Crippen LogP contribution in [0.25, 0.3) is 11.3 Å². The van der Waals surface area contributed by atoms with Gasteiger partial charge in [-0.05, 0) is 6.42 Å². The van der Waals surface area contributed by atoms with Gasteiger partial charge in [-0.2, -0.15) is 0 Å². The second kappa shape index (κ2) is 9.21. The van der Waals surface area contributed by atoms with Gasteiger partial charge in [-0.15, -0.1) is 29.8 Å². The quantitative estimate of drug-likeness (QED) is 0.328. The van der Waals surface area contributed by atoms with E-state index < -0.39 is 0 Å². The molecule has 0 spiro atoms. The molecule has 0 aliphatic carbocycles. The fraction of sp³-hybridized carbons (Fsp3) is 0.286. The smallest absolute Gasteiger partial charge is 0.260 e. The van der Waals surface area contributed by atoms with Gasteiger partial charge in [0.1, 0.15) is 11.5 Å². The van der Waals surface area contributed by atoms with Gasteiger partial charge in [0.25, 0.3) is 5.91 Å². The summed E-state index contributed by atoms with van der Waals surface area (Å²) < 4.78 is 5.33. The predicted octanol–water partition coefficient (Wildman–Crippen LogP) is 3.78. The number of nitrogens with one attached hydrogen (secondary N) is 1. The molecule has 150 valence electrons. The molecule has 0 saturated carbocycles. The molecule has 1 aromatic carbocycles. The highest BCUT2D eigenvalue weighted by Gasteiger charge is 2.24. The Kier molecular flexibility index (Phi) is 6.68. The maximum atomic E-state index is 12.5. The Labute approximate surface area is 179 Å². The van der Waals surface area contributed by atoms with Gasteiger partial charge >= 0.3 is 0 Å². The van der Waals surface area contributed by atoms with Crippen LogP contribution in [0.3, 0.4) is 0 Å². The monoisotopic (exact) mass is 428 g/mol. The minimum absolute atomic E-state index is 0.0740. The number of terminal acetylenes is 1. The highest BCUT2D eigenvalue weighted by atomic mass is 35.5. The largest absolute Gasteiger partial charge is 0.359 e. The number of alkyl halides is 1. The first-order chi connectivity index (χ1) is 13.9. The SMILES string of the molecule is C#CCN(C)C(=N)c1ccc(-c2cc(CN(C)C(=O)C3=CCC(Cl)S3)on2)cc1. The molecule has 1 aliphatic rings. The standard InChI is InChI=1S/C21H21ClN4O2S/c1-4-11-25(2)20(23)15-7-5-14(6-8-15)17-12-16(28-24-17)13-26(3)21(27)18-9-10-19(22)29-18/h1,5-9,12,19,23H,10-11,13H2,2-3H3. The summed E-state index contributed by atoms with van der Waals surface area (Å²) in [6.45, 7) is 0.691. The summed E-state index contributed by atoms with van der Waals surface area (Å²) in [6.07, 6.45) is 7.86. The summed E-state index contributed by atoms with van der Waals surface area (Å²) in [5, 5.41) is 12.3. The van der Waals surface area contributed by atoms with Gasteiger partial charge in [0.15, 0.2) is 5.76 Å². The summed E-state index contributed by atoms with van der Waals surface area (Å²) in [7, 11) is 3.51. The van der Waals surface area contributed by atoms with Crippen molar-refractivity contribution in [1.82, 2.24) is 15.0 Å². The zero-order valence-corrected chi connectivity index (χ0v) is 17.8. The molecule has 2 heterocycles. The Balaban J connectivity index is 1.64. The number of carbonyl (C=O) groups is 1. The predicted molar refractivity (Wildman–Crippen MR) is 117 cm³/mol. The third kappa shape index (κ3) is 5.03. The van der Waals surface area contributed by atoms with E-state index in [1.54, 1.807) is 23.9 Å². The molecule has 0 radical (unpaired) electrons. The molecule has 1 unspecified atom stereocenters. The average molecular weight is 429 g/mol. The number of nitrogens with zero attached hydrogens (tertiary/aromatic N) is 3. The lowest BCUT2D eigenvalue weighted by molar-refractivity contribution is -0.125. The third-order valence-electron chi connectivity index (χ3n) is 4.42. The zero-order valence-electron chi connectivity index (χ0n) is 16.2. The van der Waals surface area contributed by atoms with Crippen molar-refractivity contribution in [2.45, 2.75) is 17.7 Å². The number of amidine groups is 1. The number of halogens is 1. The number of amides is 1. The van der Waals surface area contributed by atoms with Crippen LogP contribution in [0.2, 0.25) is 0 Å². The van der Waals surface area contributed by atoms with Crippen molar-refractivity contribution in [3.8, 4) is 23.6 Å². The summed E-state index contributed by atoms with van der Waals surface area (Å²) in [5.74, 6) is 3.40. The van der Waals surface area contributed by atoms with Crippen LogP contribution in [-0.2, 0) is 11.3 Å². The summed E-state index contributed by atoms with van der Waals surface area (Å²) in [6, 6.07) is 9.27. The van der Waals surface area contributed by atoms with Gasteiger partial charge < -0.3 is 14.3 Å². The Morgan fingerprint density at radius 2 is 2.10 bits per heavy atom. The first-order valence-corrected chi connectivity index (χ1v) is 10.3. The van der Waals surface area contributed by atoms with Gasteiger partial charge in [0.2, 0.25) is 0 Å². The number of likely N-dealkylation sites (N-methyl/N-ethyl adjacent to an activating group) is 1. The Morgan fingerprint density at radius 1 is 1.38 bits per heavy atom. The van der Waals surface area contributed by atoms with E-state index in [-0.39, 0.29) is 10.6 Å². The number of hydrogen-bond donors (Lipinski definition) is 1. The summed E-state index contributed by atoms with van der Waals surface area (Å²) in [4.78, 5) is 16.4. The van der Waals surface area contributed by atoms with E-state index in [0.29, 0.717) is 41.7 Å². The molecule has 1 N–H and O–H groups in total. The van der Waals surface area contributed by atoms with Crippen LogP contribution in [0.4, 0.5) is 0 Å². The van der Waals surface area contributed by atoms with Crippen molar-refractivity contribution >= 4 is 35.1 Å². The highest BCUT2D eigenvalue weighted by molar-refractivity contribution is 8.05. The minimum Gasteiger partial charge on any atom is -0.359 e. The van der Waals surface area contributed by atoms with Crippen LogP contribution >= 0.6 is 23.4 Å². The number of carbonyl (C=O) groups excluding carboxylic acids is 1. The Bertz CT molecular complexity index is 977. The number of allylic oxidation sites excluding steroid dienone is 1. The van der Waals surface area contributed by atoms with Crippen molar-refractivity contribution in [2.75, 3.05) is 20.6 Å². The Morgan fingerprint density at radius 3 is 2.72 bits per heavy atom. The summed E-state index contributed by atoms with van der Waals surface area (Å²) in [5.41, 5.74) is 2.30. The molecule has 29 heavy (non-hydrogen) atoms. The van der Waals surface area contributed by atoms with Gasteiger partial charge in [0.05, 0.1) is 22.7 Å². The van der Waals surface area contributed by atoms with Gasteiger partial charge in [-0.3, -0.25) is 10.2 Å². The van der Waals surface area contributed by atoms with E-state index in [4.69, 9.17) is 28.0 Å². The van der Waals surface area contributed by atoms with Crippen molar-refractivity contribution in [1.29, 1.82) is 5.41 Å². The maximum Gasteiger partial charge on any atom is 0.260 e. The molecule has 0 saturated heterocycles. The first kappa shape index (κ1) is 21.0. The number of thioether (sulfide) groups is 1. The van der Waals surface area contributed by atoms with E-state index in [9.17, 15) is 4.79 Å². The summed E-state index contributed by atoms with van der Waals surface area (Å²) >= 11 is 7.42. The van der Waals surface area contributed by atoms with E-state index >= 15 is 0 Å². The molecule has 2 aromatic rings. The number of aromatic nitrogens is 1. The van der Waals surface area contributed by atoms with E-state index in [1.807, 2.05) is 36.4 Å². The lowest BCUT2D eigenvalue weighted by Gasteiger charge is -2.17. The lowest BCUT2D eigenvalue weighted by atomic mass is 10.1. The van der Waals surface area contributed by atoms with E-state index in [2.05, 4.69) is 11.1 Å². The van der Waals surface area contributed by atoms with Crippen LogP contribution in [0.15, 0.2) is 45.8 Å². The molecule has 1 aliphatic heterocycles. The fourth-order valence-electron chi connectivity index (χ4n) is 2.82. The van der Waals surface area contributed by atoms with Crippen molar-refractivity contribution in [2.24, 2.45) is 0 Å². The number of rotatable bonds is 6. The Hall–Kier alpha value is -2.69. The van der Waals surface area contributed by atoms with Crippen LogP contribution in [0.5, 0.6) is 0 Å². The van der Waals surface area contributed by atoms with Gasteiger partial charge in [-0.1, -0.05) is 41.4 Å². The molecule has 1 atom stereocenters. The van der Waals surface area contributed by atoms with Crippen LogP contribution in [0, 0.1) is 17.8 Å². The van der Waals surface area contributed by atoms with Crippen LogP contribution < -0.4 is 0 Å².